The summed E-state index contributed by atoms with van der Waals surface area (Å²) >= 11 is 38.0. The molecule has 6 rings (SSSR count). The van der Waals surface area contributed by atoms with Crippen molar-refractivity contribution in [2.75, 3.05) is 0 Å². The molecule has 234 valence electrons. The van der Waals surface area contributed by atoms with Gasteiger partial charge in [-0.2, -0.15) is 0 Å². The molecule has 6 aromatic rings. The van der Waals surface area contributed by atoms with Crippen LogP contribution >= 0.6 is 69.6 Å². The molecule has 2 aromatic heterocycles. The Labute approximate surface area is 298 Å². The number of allylic oxidation sites excluding steroid dienone is 2. The number of H-pyrrole nitrogens is 2. The molecule has 0 atom stereocenters. The van der Waals surface area contributed by atoms with E-state index >= 15 is 0 Å². The van der Waals surface area contributed by atoms with Crippen molar-refractivity contribution in [2.24, 2.45) is 0 Å². The van der Waals surface area contributed by atoms with E-state index in [4.69, 9.17) is 69.6 Å². The van der Waals surface area contributed by atoms with Gasteiger partial charge in [-0.15, -0.1) is 5.73 Å². The SMILES string of the molecule is O=c1c(C=C=CC=Cc2c(-c3ccccc3)[nH]n(-c3c(Cl)cc(Cl)cc3Cl)c2=O)c(-c2ccccc2)[nH]n1-c1c(Cl)cc(Cl)cc1Cl. The van der Waals surface area contributed by atoms with Gasteiger partial charge in [0.25, 0.3) is 11.1 Å². The van der Waals surface area contributed by atoms with Gasteiger partial charge in [0, 0.05) is 21.2 Å². The van der Waals surface area contributed by atoms with Gasteiger partial charge >= 0.3 is 0 Å². The Hall–Kier alpha value is -4.10. The van der Waals surface area contributed by atoms with Crippen molar-refractivity contribution in [2.45, 2.75) is 0 Å². The van der Waals surface area contributed by atoms with Crippen LogP contribution in [-0.4, -0.2) is 19.6 Å². The number of aromatic nitrogens is 4. The lowest BCUT2D eigenvalue weighted by Gasteiger charge is -2.08. The van der Waals surface area contributed by atoms with E-state index in [9.17, 15) is 9.59 Å². The van der Waals surface area contributed by atoms with Gasteiger partial charge in [0.15, 0.2) is 0 Å². The molecule has 2 heterocycles. The Morgan fingerprint density at radius 2 is 0.979 bits per heavy atom. The highest BCUT2D eigenvalue weighted by atomic mass is 35.5. The first-order valence-electron chi connectivity index (χ1n) is 13.8. The number of halogens is 6. The standard InChI is InChI=1S/C35H20Cl6N4O2/c36-22-16-26(38)32(27(39)17-22)44-34(46)24(30(42-44)20-10-4-1-5-11-20)14-8-3-9-15-25-31(21-12-6-2-7-13-21)43-45(35(25)47)33-28(40)18-23(37)19-29(33)41/h1-8,10-19,42-43H. The Balaban J connectivity index is 1.43. The fourth-order valence-corrected chi connectivity index (χ4v) is 6.95. The lowest BCUT2D eigenvalue weighted by molar-refractivity contribution is 0.852. The maximum absolute atomic E-state index is 13.7. The summed E-state index contributed by atoms with van der Waals surface area (Å²) in [5.74, 6) is 0. The molecule has 0 unspecified atom stereocenters. The van der Waals surface area contributed by atoms with E-state index in [2.05, 4.69) is 15.9 Å². The predicted molar refractivity (Wildman–Crippen MR) is 195 cm³/mol. The molecule has 0 aliphatic heterocycles. The van der Waals surface area contributed by atoms with E-state index in [1.54, 1.807) is 24.3 Å². The van der Waals surface area contributed by atoms with Gasteiger partial charge in [0.05, 0.1) is 42.6 Å². The molecule has 0 spiro atoms. The highest BCUT2D eigenvalue weighted by Crippen LogP contribution is 2.34. The number of nitrogens with zero attached hydrogens (tertiary/aromatic N) is 2. The molecule has 0 bridgehead atoms. The van der Waals surface area contributed by atoms with Crippen molar-refractivity contribution in [1.82, 2.24) is 19.6 Å². The predicted octanol–water partition coefficient (Wildman–Crippen LogP) is 10.8. The molecule has 0 saturated carbocycles. The van der Waals surface area contributed by atoms with Crippen LogP contribution in [0.15, 0.2) is 112 Å². The summed E-state index contributed by atoms with van der Waals surface area (Å²) in [7, 11) is 0. The molecule has 4 aromatic carbocycles. The Kier molecular flexibility index (Phi) is 9.74. The van der Waals surface area contributed by atoms with Gasteiger partial charge < -0.3 is 0 Å². The molecule has 0 amide bonds. The van der Waals surface area contributed by atoms with Gasteiger partial charge in [0.1, 0.15) is 11.4 Å². The zero-order valence-electron chi connectivity index (χ0n) is 23.9. The summed E-state index contributed by atoms with van der Waals surface area (Å²) in [4.78, 5) is 27.4. The van der Waals surface area contributed by atoms with E-state index in [0.717, 1.165) is 11.1 Å². The average molecular weight is 741 g/mol. The first kappa shape index (κ1) is 32.8. The second-order valence-electron chi connectivity index (χ2n) is 10.1. The van der Waals surface area contributed by atoms with Crippen molar-refractivity contribution in [3.8, 4) is 33.9 Å². The summed E-state index contributed by atoms with van der Waals surface area (Å²) in [6.07, 6.45) is 6.41. The van der Waals surface area contributed by atoms with Crippen LogP contribution in [0.1, 0.15) is 11.1 Å². The second kappa shape index (κ2) is 13.9. The van der Waals surface area contributed by atoms with E-state index in [1.165, 1.54) is 33.6 Å². The number of rotatable bonds is 7. The minimum absolute atomic E-state index is 0.201. The molecular formula is C35H20Cl6N4O2. The molecule has 12 heteroatoms. The van der Waals surface area contributed by atoms with E-state index in [0.29, 0.717) is 32.6 Å². The van der Waals surface area contributed by atoms with E-state index in [-0.39, 0.29) is 37.0 Å². The summed E-state index contributed by atoms with van der Waals surface area (Å²) < 4.78 is 2.55. The fraction of sp³-hybridized carbons (Fsp3) is 0. The van der Waals surface area contributed by atoms with Gasteiger partial charge in [-0.25, -0.2) is 9.36 Å². The molecule has 2 N–H and O–H groups in total. The summed E-state index contributed by atoms with van der Waals surface area (Å²) in [5.41, 5.74) is 6.03. The number of nitrogens with one attached hydrogen (secondary N) is 2. The second-order valence-corrected chi connectivity index (χ2v) is 12.6. The molecule has 0 radical (unpaired) electrons. The van der Waals surface area contributed by atoms with Crippen molar-refractivity contribution in [3.63, 3.8) is 0 Å². The minimum atomic E-state index is -0.406. The van der Waals surface area contributed by atoms with Crippen molar-refractivity contribution in [1.29, 1.82) is 0 Å². The van der Waals surface area contributed by atoms with E-state index < -0.39 is 5.56 Å². The average Bonchev–Trinajstić information content (AvgIpc) is 3.53. The molecule has 47 heavy (non-hydrogen) atoms. The van der Waals surface area contributed by atoms with Gasteiger partial charge in [-0.05, 0) is 42.5 Å². The monoisotopic (exact) mass is 738 g/mol. The Morgan fingerprint density at radius 1 is 0.574 bits per heavy atom. The van der Waals surface area contributed by atoms with Crippen LogP contribution in [0.4, 0.5) is 0 Å². The van der Waals surface area contributed by atoms with Gasteiger partial charge in [-0.3, -0.25) is 19.8 Å². The summed E-state index contributed by atoms with van der Waals surface area (Å²) in [6, 6.07) is 24.7. The maximum atomic E-state index is 13.7. The summed E-state index contributed by atoms with van der Waals surface area (Å²) in [6.45, 7) is 0. The Morgan fingerprint density at radius 3 is 1.43 bits per heavy atom. The van der Waals surface area contributed by atoms with Crippen molar-refractivity contribution in [3.05, 3.63) is 165 Å². The fourth-order valence-electron chi connectivity index (χ4n) is 4.98. The smallest absolute Gasteiger partial charge is 0.279 e. The molecule has 0 aliphatic carbocycles. The number of hydrogen-bond acceptors (Lipinski definition) is 2. The number of aromatic amines is 2. The molecule has 0 aliphatic rings. The third-order valence-electron chi connectivity index (χ3n) is 7.07. The number of benzene rings is 4. The van der Waals surface area contributed by atoms with Crippen LogP contribution < -0.4 is 11.1 Å². The maximum Gasteiger partial charge on any atom is 0.279 e. The zero-order valence-corrected chi connectivity index (χ0v) is 28.4. The van der Waals surface area contributed by atoms with Crippen LogP contribution in [-0.2, 0) is 0 Å². The van der Waals surface area contributed by atoms with Crippen molar-refractivity contribution >= 4 is 81.8 Å². The third kappa shape index (κ3) is 6.68. The largest absolute Gasteiger partial charge is 0.290 e. The molecule has 6 nitrogen and oxygen atoms in total. The first-order valence-corrected chi connectivity index (χ1v) is 16.1. The van der Waals surface area contributed by atoms with Crippen LogP contribution in [0.3, 0.4) is 0 Å². The van der Waals surface area contributed by atoms with Crippen LogP contribution in [0, 0.1) is 0 Å². The summed E-state index contributed by atoms with van der Waals surface area (Å²) in [5, 5.41) is 7.75. The zero-order chi connectivity index (χ0) is 33.2. The normalized spacial score (nSPS) is 11.2. The van der Waals surface area contributed by atoms with Crippen molar-refractivity contribution < 1.29 is 0 Å². The van der Waals surface area contributed by atoms with Crippen LogP contribution in [0.25, 0.3) is 46.0 Å². The highest BCUT2D eigenvalue weighted by molar-refractivity contribution is 6.41. The van der Waals surface area contributed by atoms with E-state index in [1.807, 2.05) is 60.7 Å². The molecule has 0 saturated heterocycles. The number of hydrogen-bond donors (Lipinski definition) is 2. The van der Waals surface area contributed by atoms with Gasteiger partial charge in [0.2, 0.25) is 0 Å². The minimum Gasteiger partial charge on any atom is -0.290 e. The third-order valence-corrected chi connectivity index (χ3v) is 8.66. The first-order chi connectivity index (χ1) is 22.6. The topological polar surface area (TPSA) is 75.6 Å². The Bertz CT molecular complexity index is 2300. The lowest BCUT2D eigenvalue weighted by atomic mass is 10.1. The van der Waals surface area contributed by atoms with Gasteiger partial charge in [-0.1, -0.05) is 136 Å². The molecule has 0 fully saturated rings. The quantitative estimate of drug-likeness (QED) is 0.126. The lowest BCUT2D eigenvalue weighted by Crippen LogP contribution is -2.16. The molecular weight excluding hydrogens is 721 g/mol. The van der Waals surface area contributed by atoms with Crippen LogP contribution in [0.5, 0.6) is 0 Å². The highest BCUT2D eigenvalue weighted by Gasteiger charge is 2.20. The van der Waals surface area contributed by atoms with Crippen LogP contribution in [0.2, 0.25) is 30.1 Å².